The van der Waals surface area contributed by atoms with Crippen molar-refractivity contribution in [2.45, 2.75) is 59.0 Å². The minimum atomic E-state index is 0.341. The highest BCUT2D eigenvalue weighted by Gasteiger charge is 2.25. The lowest BCUT2D eigenvalue weighted by Crippen LogP contribution is -2.39. The van der Waals surface area contributed by atoms with E-state index in [0.29, 0.717) is 11.5 Å². The number of nitrogens with zero attached hydrogens (tertiary/aromatic N) is 1. The summed E-state index contributed by atoms with van der Waals surface area (Å²) >= 11 is 0. The fourth-order valence-corrected chi connectivity index (χ4v) is 3.43. The molecule has 0 aliphatic carbocycles. The summed E-state index contributed by atoms with van der Waals surface area (Å²) in [6.45, 7) is 12.8. The third-order valence-electron chi connectivity index (χ3n) is 4.52. The quantitative estimate of drug-likeness (QED) is 0.842. The molecule has 0 spiro atoms. The lowest BCUT2D eigenvalue weighted by atomic mass is 9.85. The summed E-state index contributed by atoms with van der Waals surface area (Å²) in [5.74, 6) is 0. The first-order chi connectivity index (χ1) is 9.99. The Hall–Kier alpha value is -0.860. The molecule has 0 amide bonds. The maximum atomic E-state index is 3.86. The normalized spacial score (nSPS) is 21.6. The summed E-state index contributed by atoms with van der Waals surface area (Å²) in [5.41, 5.74) is 1.77. The van der Waals surface area contributed by atoms with Crippen LogP contribution in [0, 0.1) is 5.41 Å². The first-order valence-corrected chi connectivity index (χ1v) is 8.52. The van der Waals surface area contributed by atoms with Crippen molar-refractivity contribution < 1.29 is 0 Å². The minimum Gasteiger partial charge on any atom is -0.308 e. The van der Waals surface area contributed by atoms with Gasteiger partial charge in [0.25, 0.3) is 0 Å². The van der Waals surface area contributed by atoms with E-state index in [0.717, 1.165) is 12.6 Å². The maximum Gasteiger partial charge on any atom is 0.0325 e. The van der Waals surface area contributed by atoms with Crippen molar-refractivity contribution in [3.8, 4) is 0 Å². The van der Waals surface area contributed by atoms with Crippen LogP contribution in [0.15, 0.2) is 30.3 Å². The molecule has 1 aromatic carbocycles. The van der Waals surface area contributed by atoms with Gasteiger partial charge < -0.3 is 5.32 Å². The molecule has 0 bridgehead atoms. The van der Waals surface area contributed by atoms with Gasteiger partial charge in [-0.2, -0.15) is 0 Å². The van der Waals surface area contributed by atoms with Gasteiger partial charge in [-0.1, -0.05) is 58.0 Å². The SMILES string of the molecule is CCN1CCCC1CNC(CC(C)(C)C)c1ccccc1. The van der Waals surface area contributed by atoms with Gasteiger partial charge >= 0.3 is 0 Å². The van der Waals surface area contributed by atoms with E-state index in [1.54, 1.807) is 0 Å². The first-order valence-electron chi connectivity index (χ1n) is 8.52. The van der Waals surface area contributed by atoms with Crippen LogP contribution < -0.4 is 5.32 Å². The Labute approximate surface area is 130 Å². The van der Waals surface area contributed by atoms with Crippen LogP contribution in [0.25, 0.3) is 0 Å². The maximum absolute atomic E-state index is 3.86. The molecule has 0 radical (unpaired) electrons. The molecule has 0 saturated carbocycles. The second kappa shape index (κ2) is 7.42. The Kier molecular flexibility index (Phi) is 5.83. The molecule has 2 atom stereocenters. The van der Waals surface area contributed by atoms with Gasteiger partial charge in [-0.15, -0.1) is 0 Å². The van der Waals surface area contributed by atoms with Crippen LogP contribution in [0.2, 0.25) is 0 Å². The molecule has 1 N–H and O–H groups in total. The van der Waals surface area contributed by atoms with Gasteiger partial charge in [0.05, 0.1) is 0 Å². The molecule has 2 heteroatoms. The molecule has 118 valence electrons. The summed E-state index contributed by atoms with van der Waals surface area (Å²) in [6.07, 6.45) is 3.88. The third-order valence-corrected chi connectivity index (χ3v) is 4.52. The lowest BCUT2D eigenvalue weighted by molar-refractivity contribution is 0.240. The molecule has 21 heavy (non-hydrogen) atoms. The number of likely N-dealkylation sites (tertiary alicyclic amines) is 1. The average Bonchev–Trinajstić information content (AvgIpc) is 2.90. The van der Waals surface area contributed by atoms with E-state index in [-0.39, 0.29) is 0 Å². The zero-order chi connectivity index (χ0) is 15.3. The highest BCUT2D eigenvalue weighted by molar-refractivity contribution is 5.19. The predicted octanol–water partition coefficient (Wildman–Crippen LogP) is 4.24. The van der Waals surface area contributed by atoms with Crippen molar-refractivity contribution in [1.29, 1.82) is 0 Å². The van der Waals surface area contributed by atoms with Crippen molar-refractivity contribution in [2.24, 2.45) is 5.41 Å². The highest BCUT2D eigenvalue weighted by atomic mass is 15.2. The second-order valence-electron chi connectivity index (χ2n) is 7.56. The molecule has 1 heterocycles. The molecule has 2 unspecified atom stereocenters. The molecule has 1 fully saturated rings. The first kappa shape index (κ1) is 16.5. The van der Waals surface area contributed by atoms with Gasteiger partial charge in [-0.05, 0) is 43.3 Å². The molecule has 2 rings (SSSR count). The Balaban J connectivity index is 1.99. The fourth-order valence-electron chi connectivity index (χ4n) is 3.43. The van der Waals surface area contributed by atoms with Crippen LogP contribution in [0.1, 0.15) is 58.6 Å². The predicted molar refractivity (Wildman–Crippen MR) is 91.5 cm³/mol. The third kappa shape index (κ3) is 5.12. The number of benzene rings is 1. The number of rotatable bonds is 6. The highest BCUT2D eigenvalue weighted by Crippen LogP contribution is 2.29. The number of likely N-dealkylation sites (N-methyl/N-ethyl adjacent to an activating group) is 1. The summed E-state index contributed by atoms with van der Waals surface area (Å²) in [7, 11) is 0. The Morgan fingerprint density at radius 2 is 1.95 bits per heavy atom. The van der Waals surface area contributed by atoms with Gasteiger partial charge in [0, 0.05) is 18.6 Å². The van der Waals surface area contributed by atoms with E-state index < -0.39 is 0 Å². The lowest BCUT2D eigenvalue weighted by Gasteiger charge is -2.30. The van der Waals surface area contributed by atoms with Crippen molar-refractivity contribution in [3.63, 3.8) is 0 Å². The number of hydrogen-bond donors (Lipinski definition) is 1. The van der Waals surface area contributed by atoms with Crippen molar-refractivity contribution >= 4 is 0 Å². The molecule has 1 saturated heterocycles. The van der Waals surface area contributed by atoms with Crippen molar-refractivity contribution in [2.75, 3.05) is 19.6 Å². The summed E-state index contributed by atoms with van der Waals surface area (Å²) in [6, 6.07) is 12.1. The van der Waals surface area contributed by atoms with Crippen LogP contribution in [0.4, 0.5) is 0 Å². The van der Waals surface area contributed by atoms with Crippen LogP contribution in [-0.2, 0) is 0 Å². The Morgan fingerprint density at radius 3 is 2.57 bits per heavy atom. The standard InChI is InChI=1S/C19H32N2/c1-5-21-13-9-12-17(21)15-20-18(14-19(2,3)4)16-10-7-6-8-11-16/h6-8,10-11,17-18,20H,5,9,12-15H2,1-4H3. The van der Waals surface area contributed by atoms with E-state index in [1.807, 2.05) is 0 Å². The number of hydrogen-bond acceptors (Lipinski definition) is 2. The largest absolute Gasteiger partial charge is 0.308 e. The van der Waals surface area contributed by atoms with Gasteiger partial charge in [0.2, 0.25) is 0 Å². The van der Waals surface area contributed by atoms with Gasteiger partial charge in [-0.3, -0.25) is 4.90 Å². The average molecular weight is 288 g/mol. The topological polar surface area (TPSA) is 15.3 Å². The Bertz CT molecular complexity index is 407. The van der Waals surface area contributed by atoms with E-state index in [1.165, 1.54) is 37.9 Å². The van der Waals surface area contributed by atoms with E-state index in [9.17, 15) is 0 Å². The van der Waals surface area contributed by atoms with Crippen molar-refractivity contribution in [1.82, 2.24) is 10.2 Å². The molecular formula is C19H32N2. The molecule has 0 aromatic heterocycles. The number of nitrogens with one attached hydrogen (secondary N) is 1. The molecule has 1 aliphatic heterocycles. The van der Waals surface area contributed by atoms with E-state index >= 15 is 0 Å². The van der Waals surface area contributed by atoms with Crippen LogP contribution in [0.3, 0.4) is 0 Å². The molecular weight excluding hydrogens is 256 g/mol. The zero-order valence-corrected chi connectivity index (χ0v) is 14.2. The molecule has 1 aromatic rings. The summed E-state index contributed by atoms with van der Waals surface area (Å²) in [5, 5.41) is 3.86. The van der Waals surface area contributed by atoms with Crippen molar-refractivity contribution in [3.05, 3.63) is 35.9 Å². The van der Waals surface area contributed by atoms with Crippen LogP contribution >= 0.6 is 0 Å². The fraction of sp³-hybridized carbons (Fsp3) is 0.684. The zero-order valence-electron chi connectivity index (χ0n) is 14.2. The smallest absolute Gasteiger partial charge is 0.0325 e. The van der Waals surface area contributed by atoms with E-state index in [4.69, 9.17) is 0 Å². The van der Waals surface area contributed by atoms with Gasteiger partial charge in [-0.25, -0.2) is 0 Å². The van der Waals surface area contributed by atoms with E-state index in [2.05, 4.69) is 68.2 Å². The summed E-state index contributed by atoms with van der Waals surface area (Å²) in [4.78, 5) is 2.62. The molecule has 1 aliphatic rings. The summed E-state index contributed by atoms with van der Waals surface area (Å²) < 4.78 is 0. The van der Waals surface area contributed by atoms with Crippen LogP contribution in [-0.4, -0.2) is 30.6 Å². The van der Waals surface area contributed by atoms with Gasteiger partial charge in [0.1, 0.15) is 0 Å². The Morgan fingerprint density at radius 1 is 1.24 bits per heavy atom. The minimum absolute atomic E-state index is 0.341. The van der Waals surface area contributed by atoms with Crippen LogP contribution in [0.5, 0.6) is 0 Å². The molecule has 2 nitrogen and oxygen atoms in total. The second-order valence-corrected chi connectivity index (χ2v) is 7.56. The van der Waals surface area contributed by atoms with Gasteiger partial charge in [0.15, 0.2) is 0 Å². The monoisotopic (exact) mass is 288 g/mol.